The van der Waals surface area contributed by atoms with E-state index >= 15 is 0 Å². The van der Waals surface area contributed by atoms with Crippen molar-refractivity contribution in [3.63, 3.8) is 0 Å². The number of benzene rings is 1. The van der Waals surface area contributed by atoms with E-state index in [2.05, 4.69) is 0 Å². The summed E-state index contributed by atoms with van der Waals surface area (Å²) in [6.07, 6.45) is 3.52. The molecule has 116 valence electrons. The van der Waals surface area contributed by atoms with Crippen LogP contribution < -0.4 is 16.2 Å². The third-order valence-corrected chi connectivity index (χ3v) is 5.42. The van der Waals surface area contributed by atoms with Gasteiger partial charge in [0, 0.05) is 12.7 Å². The van der Waals surface area contributed by atoms with Gasteiger partial charge >= 0.3 is 0 Å². The summed E-state index contributed by atoms with van der Waals surface area (Å²) in [5, 5.41) is -0.404. The Bertz CT molecular complexity index is 642. The molecule has 0 aromatic heterocycles. The van der Waals surface area contributed by atoms with E-state index in [1.807, 2.05) is 0 Å². The first-order valence-electron chi connectivity index (χ1n) is 6.83. The van der Waals surface area contributed by atoms with Crippen LogP contribution in [-0.4, -0.2) is 31.9 Å². The van der Waals surface area contributed by atoms with E-state index in [0.29, 0.717) is 18.5 Å². The molecular weight excluding hydrogens is 292 g/mol. The van der Waals surface area contributed by atoms with Crippen molar-refractivity contribution in [3.05, 3.63) is 23.8 Å². The second-order valence-corrected chi connectivity index (χ2v) is 7.77. The van der Waals surface area contributed by atoms with Gasteiger partial charge in [-0.05, 0) is 31.4 Å². The third-order valence-electron chi connectivity index (χ3n) is 3.78. The van der Waals surface area contributed by atoms with Gasteiger partial charge in [0.05, 0.1) is 16.5 Å². The predicted octanol–water partition coefficient (Wildman–Crippen LogP) is 1.10. The summed E-state index contributed by atoms with van der Waals surface area (Å²) >= 11 is 0. The predicted molar refractivity (Wildman–Crippen MR) is 80.9 cm³/mol. The van der Waals surface area contributed by atoms with E-state index in [4.69, 9.17) is 16.2 Å². The molecule has 1 saturated carbocycles. The molecule has 7 heteroatoms. The summed E-state index contributed by atoms with van der Waals surface area (Å²) in [4.78, 5) is 11.4. The Morgan fingerprint density at radius 3 is 2.67 bits per heavy atom. The first-order chi connectivity index (χ1) is 9.79. The largest absolute Gasteiger partial charge is 0.487 e. The first kappa shape index (κ1) is 15.6. The number of hydrogen-bond donors (Lipinski definition) is 2. The van der Waals surface area contributed by atoms with Crippen LogP contribution in [0.3, 0.4) is 0 Å². The Kier molecular flexibility index (Phi) is 4.41. The van der Waals surface area contributed by atoms with Gasteiger partial charge in [-0.2, -0.15) is 0 Å². The Morgan fingerprint density at radius 1 is 1.33 bits per heavy atom. The van der Waals surface area contributed by atoms with E-state index in [1.54, 1.807) is 18.2 Å². The van der Waals surface area contributed by atoms with Crippen molar-refractivity contribution in [2.75, 3.05) is 12.0 Å². The van der Waals surface area contributed by atoms with Crippen LogP contribution in [0.15, 0.2) is 18.2 Å². The number of carbonyl (C=O) groups is 1. The highest BCUT2D eigenvalue weighted by molar-refractivity contribution is 7.91. The highest BCUT2D eigenvalue weighted by Gasteiger charge is 2.30. The molecular formula is C14H20N2O4S. The molecule has 1 amide bonds. The molecule has 1 fully saturated rings. The van der Waals surface area contributed by atoms with Crippen LogP contribution in [0.25, 0.3) is 0 Å². The molecule has 0 aliphatic heterocycles. The number of para-hydroxylation sites is 1. The lowest BCUT2D eigenvalue weighted by Crippen LogP contribution is -2.33. The van der Waals surface area contributed by atoms with E-state index in [0.717, 1.165) is 12.8 Å². The van der Waals surface area contributed by atoms with Gasteiger partial charge in [0.1, 0.15) is 15.9 Å². The summed E-state index contributed by atoms with van der Waals surface area (Å²) in [6, 6.07) is 4.80. The number of anilines is 1. The smallest absolute Gasteiger partial charge is 0.252 e. The molecule has 0 bridgehead atoms. The van der Waals surface area contributed by atoms with Crippen LogP contribution in [0.1, 0.15) is 36.0 Å². The maximum atomic E-state index is 11.7. The highest BCUT2D eigenvalue weighted by atomic mass is 32.2. The Hall–Kier alpha value is -1.76. The zero-order valence-electron chi connectivity index (χ0n) is 11.9. The molecule has 21 heavy (non-hydrogen) atoms. The number of ether oxygens (including phenoxy) is 1. The van der Waals surface area contributed by atoms with Crippen molar-refractivity contribution in [1.82, 2.24) is 0 Å². The SMILES string of the molecule is CS(=O)(=O)C1CCCC(Oc2c(N)cccc2C(N)=O)C1. The number of nitrogen functional groups attached to an aromatic ring is 1. The molecule has 0 heterocycles. The van der Waals surface area contributed by atoms with Gasteiger partial charge in [-0.1, -0.05) is 6.07 Å². The van der Waals surface area contributed by atoms with Gasteiger partial charge in [-0.3, -0.25) is 4.79 Å². The molecule has 0 spiro atoms. The van der Waals surface area contributed by atoms with Crippen molar-refractivity contribution < 1.29 is 17.9 Å². The van der Waals surface area contributed by atoms with Crippen LogP contribution in [-0.2, 0) is 9.84 Å². The number of amides is 1. The van der Waals surface area contributed by atoms with Crippen LogP contribution in [0.5, 0.6) is 5.75 Å². The molecule has 6 nitrogen and oxygen atoms in total. The minimum Gasteiger partial charge on any atom is -0.487 e. The van der Waals surface area contributed by atoms with E-state index in [-0.39, 0.29) is 17.4 Å². The zero-order chi connectivity index (χ0) is 15.6. The molecule has 1 aliphatic rings. The topological polar surface area (TPSA) is 112 Å². The van der Waals surface area contributed by atoms with Gasteiger partial charge in [0.25, 0.3) is 5.91 Å². The van der Waals surface area contributed by atoms with Gasteiger partial charge in [-0.15, -0.1) is 0 Å². The number of carbonyl (C=O) groups excluding carboxylic acids is 1. The quantitative estimate of drug-likeness (QED) is 0.808. The number of hydrogen-bond acceptors (Lipinski definition) is 5. The first-order valence-corrected chi connectivity index (χ1v) is 8.78. The third kappa shape index (κ3) is 3.66. The van der Waals surface area contributed by atoms with E-state index < -0.39 is 21.0 Å². The fraction of sp³-hybridized carbons (Fsp3) is 0.500. The molecule has 0 radical (unpaired) electrons. The van der Waals surface area contributed by atoms with E-state index in [9.17, 15) is 13.2 Å². The average molecular weight is 312 g/mol. The molecule has 2 unspecified atom stereocenters. The summed E-state index contributed by atoms with van der Waals surface area (Å²) < 4.78 is 29.2. The number of nitrogens with two attached hydrogens (primary N) is 2. The number of sulfone groups is 1. The van der Waals surface area contributed by atoms with Crippen LogP contribution in [0.4, 0.5) is 5.69 Å². The maximum Gasteiger partial charge on any atom is 0.252 e. The standard InChI is InChI=1S/C14H20N2O4S/c1-21(18,19)10-5-2-4-9(8-10)20-13-11(14(16)17)6-3-7-12(13)15/h3,6-7,9-10H,2,4-5,8,15H2,1H3,(H2,16,17). The number of rotatable bonds is 4. The van der Waals surface area contributed by atoms with Gasteiger partial charge in [-0.25, -0.2) is 8.42 Å². The summed E-state index contributed by atoms with van der Waals surface area (Å²) in [6.45, 7) is 0. The summed E-state index contributed by atoms with van der Waals surface area (Å²) in [5.74, 6) is -0.364. The molecule has 1 aromatic rings. The Labute approximate surface area is 124 Å². The lowest BCUT2D eigenvalue weighted by Gasteiger charge is -2.29. The monoisotopic (exact) mass is 312 g/mol. The van der Waals surface area contributed by atoms with Crippen molar-refractivity contribution >= 4 is 21.4 Å². The normalized spacial score (nSPS) is 22.7. The molecule has 1 aliphatic carbocycles. The second-order valence-electron chi connectivity index (χ2n) is 5.45. The van der Waals surface area contributed by atoms with Crippen LogP contribution in [0.2, 0.25) is 0 Å². The van der Waals surface area contributed by atoms with Crippen molar-refractivity contribution in [2.45, 2.75) is 37.0 Å². The van der Waals surface area contributed by atoms with Crippen molar-refractivity contribution in [3.8, 4) is 5.75 Å². The fourth-order valence-corrected chi connectivity index (χ4v) is 3.80. The molecule has 0 saturated heterocycles. The van der Waals surface area contributed by atoms with E-state index in [1.165, 1.54) is 6.26 Å². The molecule has 2 rings (SSSR count). The minimum atomic E-state index is -3.09. The molecule has 1 aromatic carbocycles. The zero-order valence-corrected chi connectivity index (χ0v) is 12.7. The van der Waals surface area contributed by atoms with Gasteiger partial charge < -0.3 is 16.2 Å². The van der Waals surface area contributed by atoms with Crippen LogP contribution in [0, 0.1) is 0 Å². The minimum absolute atomic E-state index is 0.219. The Balaban J connectivity index is 2.21. The Morgan fingerprint density at radius 2 is 2.05 bits per heavy atom. The number of primary amides is 1. The van der Waals surface area contributed by atoms with Gasteiger partial charge in [0.2, 0.25) is 0 Å². The molecule has 2 atom stereocenters. The van der Waals surface area contributed by atoms with Crippen molar-refractivity contribution in [1.29, 1.82) is 0 Å². The van der Waals surface area contributed by atoms with Crippen LogP contribution >= 0.6 is 0 Å². The van der Waals surface area contributed by atoms with Crippen molar-refractivity contribution in [2.24, 2.45) is 5.73 Å². The lowest BCUT2D eigenvalue weighted by atomic mass is 9.97. The lowest BCUT2D eigenvalue weighted by molar-refractivity contribution is 0.0988. The average Bonchev–Trinajstić information content (AvgIpc) is 2.40. The van der Waals surface area contributed by atoms with Gasteiger partial charge in [0.15, 0.2) is 5.75 Å². The fourth-order valence-electron chi connectivity index (χ4n) is 2.65. The maximum absolute atomic E-state index is 11.7. The summed E-state index contributed by atoms with van der Waals surface area (Å²) in [7, 11) is -3.09. The highest BCUT2D eigenvalue weighted by Crippen LogP contribution is 2.32. The summed E-state index contributed by atoms with van der Waals surface area (Å²) in [5.41, 5.74) is 11.7. The second kappa shape index (κ2) is 5.93. The molecule has 4 N–H and O–H groups in total.